The summed E-state index contributed by atoms with van der Waals surface area (Å²) in [7, 11) is 0. The summed E-state index contributed by atoms with van der Waals surface area (Å²) in [6, 6.07) is 13.6. The molecule has 1 aliphatic heterocycles. The highest BCUT2D eigenvalue weighted by Gasteiger charge is 2.29. The molecule has 0 saturated carbocycles. The molecule has 2 N–H and O–H groups in total. The van der Waals surface area contributed by atoms with E-state index in [1.807, 2.05) is 30.5 Å². The minimum absolute atomic E-state index is 0.0969. The van der Waals surface area contributed by atoms with Gasteiger partial charge in [-0.25, -0.2) is 0 Å². The maximum absolute atomic E-state index is 12.2. The van der Waals surface area contributed by atoms with E-state index >= 15 is 0 Å². The minimum atomic E-state index is -0.302. The molecule has 28 heavy (non-hydrogen) atoms. The average molecular weight is 414 g/mol. The molecule has 3 rings (SSSR count). The van der Waals surface area contributed by atoms with Gasteiger partial charge in [0.05, 0.1) is 35.2 Å². The van der Waals surface area contributed by atoms with Crippen LogP contribution in [-0.4, -0.2) is 23.8 Å². The molecule has 1 atom stereocenters. The van der Waals surface area contributed by atoms with E-state index in [1.54, 1.807) is 30.2 Å². The Morgan fingerprint density at radius 2 is 2.14 bits per heavy atom. The number of amides is 2. The van der Waals surface area contributed by atoms with Gasteiger partial charge >= 0.3 is 0 Å². The zero-order chi connectivity index (χ0) is 19.9. The number of nitriles is 1. The molecule has 0 spiro atoms. The number of furan rings is 1. The summed E-state index contributed by atoms with van der Waals surface area (Å²) in [5.74, 6) is 0.0984. The van der Waals surface area contributed by atoms with Crippen molar-refractivity contribution in [3.63, 3.8) is 0 Å². The molecule has 0 saturated heterocycles. The smallest absolute Gasteiger partial charge is 0.230 e. The Kier molecular flexibility index (Phi) is 6.85. The van der Waals surface area contributed by atoms with E-state index in [-0.39, 0.29) is 29.9 Å². The molecule has 1 aliphatic rings. The maximum Gasteiger partial charge on any atom is 0.230 e. The van der Waals surface area contributed by atoms with Gasteiger partial charge < -0.3 is 15.1 Å². The quantitative estimate of drug-likeness (QED) is 0.676. The summed E-state index contributed by atoms with van der Waals surface area (Å²) < 4.78 is 5.17. The number of rotatable bonds is 7. The van der Waals surface area contributed by atoms with Crippen LogP contribution in [-0.2, 0) is 16.1 Å². The van der Waals surface area contributed by atoms with E-state index < -0.39 is 0 Å². The van der Waals surface area contributed by atoms with Crippen molar-refractivity contribution < 1.29 is 14.0 Å². The standard InChI is InChI=1S/C20H19N3O3S2/c1-27-15-6-4-13(5-7-15)16-9-18(24)23-20(17(16)10-21)28-12-19(25)22-11-14-3-2-8-26-14/h2-8,16H,9,11-12H2,1H3,(H,22,25)(H,23,24)/t16-/m0/s1. The second kappa shape index (κ2) is 9.53. The molecular weight excluding hydrogens is 394 g/mol. The number of carbonyl (C=O) groups excluding carboxylic acids is 2. The third-order valence-electron chi connectivity index (χ3n) is 4.26. The van der Waals surface area contributed by atoms with E-state index in [0.29, 0.717) is 22.9 Å². The van der Waals surface area contributed by atoms with Crippen molar-refractivity contribution in [2.75, 3.05) is 12.0 Å². The first-order valence-electron chi connectivity index (χ1n) is 8.60. The van der Waals surface area contributed by atoms with Gasteiger partial charge in [-0.05, 0) is 36.1 Å². The van der Waals surface area contributed by atoms with Crippen LogP contribution < -0.4 is 10.6 Å². The molecule has 8 heteroatoms. The zero-order valence-electron chi connectivity index (χ0n) is 15.2. The molecule has 6 nitrogen and oxygen atoms in total. The molecule has 2 heterocycles. The number of hydrogen-bond acceptors (Lipinski definition) is 6. The Bertz CT molecular complexity index is 915. The summed E-state index contributed by atoms with van der Waals surface area (Å²) in [6.45, 7) is 0.299. The number of thioether (sulfide) groups is 2. The van der Waals surface area contributed by atoms with Gasteiger partial charge in [0.2, 0.25) is 11.8 Å². The lowest BCUT2D eigenvalue weighted by Crippen LogP contribution is -2.32. The minimum Gasteiger partial charge on any atom is -0.467 e. The van der Waals surface area contributed by atoms with Crippen molar-refractivity contribution in [1.29, 1.82) is 5.26 Å². The van der Waals surface area contributed by atoms with Crippen LogP contribution in [0.15, 0.2) is 62.6 Å². The third kappa shape index (κ3) is 5.00. The summed E-state index contributed by atoms with van der Waals surface area (Å²) in [5.41, 5.74) is 1.41. The average Bonchev–Trinajstić information content (AvgIpc) is 3.24. The van der Waals surface area contributed by atoms with Gasteiger partial charge in [-0.15, -0.1) is 11.8 Å². The summed E-state index contributed by atoms with van der Waals surface area (Å²) >= 11 is 2.80. The lowest BCUT2D eigenvalue weighted by atomic mass is 9.87. The number of carbonyl (C=O) groups is 2. The second-order valence-electron chi connectivity index (χ2n) is 6.08. The SMILES string of the molecule is CSc1ccc([C@@H]2CC(=O)NC(SCC(=O)NCc3ccco3)=C2C#N)cc1. The molecule has 0 aliphatic carbocycles. The van der Waals surface area contributed by atoms with Crippen LogP contribution in [0, 0.1) is 11.3 Å². The first-order chi connectivity index (χ1) is 13.6. The van der Waals surface area contributed by atoms with Crippen LogP contribution in [0.3, 0.4) is 0 Å². The first-order valence-corrected chi connectivity index (χ1v) is 10.8. The van der Waals surface area contributed by atoms with Crippen molar-refractivity contribution in [3.8, 4) is 6.07 Å². The van der Waals surface area contributed by atoms with Gasteiger partial charge in [-0.3, -0.25) is 9.59 Å². The Morgan fingerprint density at radius 3 is 2.79 bits per heavy atom. The molecule has 0 bridgehead atoms. The lowest BCUT2D eigenvalue weighted by molar-refractivity contribution is -0.121. The number of hydrogen-bond donors (Lipinski definition) is 2. The van der Waals surface area contributed by atoms with Crippen LogP contribution in [0.25, 0.3) is 0 Å². The molecule has 1 aromatic carbocycles. The van der Waals surface area contributed by atoms with Crippen molar-refractivity contribution in [2.24, 2.45) is 0 Å². The molecule has 0 radical (unpaired) electrons. The van der Waals surface area contributed by atoms with Crippen molar-refractivity contribution >= 4 is 35.3 Å². The van der Waals surface area contributed by atoms with Gasteiger partial charge in [-0.2, -0.15) is 5.26 Å². The van der Waals surface area contributed by atoms with E-state index in [1.165, 1.54) is 0 Å². The van der Waals surface area contributed by atoms with Crippen molar-refractivity contribution in [1.82, 2.24) is 10.6 Å². The monoisotopic (exact) mass is 413 g/mol. The predicted molar refractivity (Wildman–Crippen MR) is 109 cm³/mol. The van der Waals surface area contributed by atoms with Gasteiger partial charge in [0.15, 0.2) is 0 Å². The Hall–Kier alpha value is -2.63. The predicted octanol–water partition coefficient (Wildman–Crippen LogP) is 3.39. The summed E-state index contributed by atoms with van der Waals surface area (Å²) in [4.78, 5) is 25.4. The normalized spacial score (nSPS) is 16.4. The van der Waals surface area contributed by atoms with E-state index in [0.717, 1.165) is 22.2 Å². The Morgan fingerprint density at radius 1 is 1.36 bits per heavy atom. The highest BCUT2D eigenvalue weighted by Crippen LogP contribution is 2.36. The number of nitrogens with zero attached hydrogens (tertiary/aromatic N) is 1. The highest BCUT2D eigenvalue weighted by atomic mass is 32.2. The molecule has 2 amide bonds. The first kappa shape index (κ1) is 20.1. The van der Waals surface area contributed by atoms with Gasteiger partial charge in [0.25, 0.3) is 0 Å². The van der Waals surface area contributed by atoms with E-state index in [4.69, 9.17) is 4.42 Å². The highest BCUT2D eigenvalue weighted by molar-refractivity contribution is 8.03. The molecule has 144 valence electrons. The molecule has 2 aromatic rings. The molecule has 1 aromatic heterocycles. The van der Waals surface area contributed by atoms with Crippen LogP contribution in [0.4, 0.5) is 0 Å². The Labute approximate surface area is 171 Å². The third-order valence-corrected chi connectivity index (χ3v) is 6.02. The molecule has 0 unspecified atom stereocenters. The largest absolute Gasteiger partial charge is 0.467 e. The van der Waals surface area contributed by atoms with Crippen molar-refractivity contribution in [3.05, 3.63) is 64.6 Å². The lowest BCUT2D eigenvalue weighted by Gasteiger charge is -2.25. The zero-order valence-corrected chi connectivity index (χ0v) is 16.9. The number of nitrogens with one attached hydrogen (secondary N) is 2. The summed E-state index contributed by atoms with van der Waals surface area (Å²) in [6.07, 6.45) is 3.76. The maximum atomic E-state index is 12.2. The molecular formula is C20H19N3O3S2. The van der Waals surface area contributed by atoms with Crippen LogP contribution >= 0.6 is 23.5 Å². The van der Waals surface area contributed by atoms with E-state index in [9.17, 15) is 14.9 Å². The van der Waals surface area contributed by atoms with Gasteiger partial charge in [0, 0.05) is 17.2 Å². The van der Waals surface area contributed by atoms with Crippen molar-refractivity contribution in [2.45, 2.75) is 23.8 Å². The van der Waals surface area contributed by atoms with Gasteiger partial charge in [-0.1, -0.05) is 23.9 Å². The number of benzene rings is 1. The topological polar surface area (TPSA) is 95.1 Å². The summed E-state index contributed by atoms with van der Waals surface area (Å²) in [5, 5.41) is 15.6. The Balaban J connectivity index is 1.69. The second-order valence-corrected chi connectivity index (χ2v) is 7.94. The fraction of sp³-hybridized carbons (Fsp3) is 0.250. The van der Waals surface area contributed by atoms with E-state index in [2.05, 4.69) is 16.7 Å². The molecule has 0 fully saturated rings. The van der Waals surface area contributed by atoms with Gasteiger partial charge in [0.1, 0.15) is 5.76 Å². The van der Waals surface area contributed by atoms with Crippen LogP contribution in [0.2, 0.25) is 0 Å². The fourth-order valence-corrected chi connectivity index (χ4v) is 4.16. The van der Waals surface area contributed by atoms with Crippen LogP contribution in [0.5, 0.6) is 0 Å². The van der Waals surface area contributed by atoms with Crippen LogP contribution in [0.1, 0.15) is 23.7 Å². The number of allylic oxidation sites excluding steroid dienone is 1. The fourth-order valence-electron chi connectivity index (χ4n) is 2.84.